The lowest BCUT2D eigenvalue weighted by Crippen LogP contribution is -2.02. The van der Waals surface area contributed by atoms with Crippen LogP contribution in [0, 0.1) is 0 Å². The fourth-order valence-electron chi connectivity index (χ4n) is 8.65. The SMILES string of the molecule is c1ccc2c(-c3ccc(-c4nc(-c5cccc6c5oc5ccccc56)nc(-c5cccc6c5oc5ccccc56)n4)c(-c4cccc5ccccc45)c3)cccc2c1. The van der Waals surface area contributed by atoms with Crippen LogP contribution in [0.15, 0.2) is 197 Å². The molecule has 0 spiro atoms. The summed E-state index contributed by atoms with van der Waals surface area (Å²) in [6.45, 7) is 0. The zero-order valence-corrected chi connectivity index (χ0v) is 31.1. The van der Waals surface area contributed by atoms with Gasteiger partial charge in [0.1, 0.15) is 22.3 Å². The Balaban J connectivity index is 1.16. The van der Waals surface area contributed by atoms with Crippen LogP contribution >= 0.6 is 0 Å². The molecule has 3 heterocycles. The molecule has 12 aromatic rings. The summed E-state index contributed by atoms with van der Waals surface area (Å²) in [5.74, 6) is 1.58. The largest absolute Gasteiger partial charge is 0.455 e. The maximum atomic E-state index is 6.56. The molecule has 9 aromatic carbocycles. The summed E-state index contributed by atoms with van der Waals surface area (Å²) in [6.07, 6.45) is 0. The summed E-state index contributed by atoms with van der Waals surface area (Å²) in [4.78, 5) is 15.9. The molecule has 0 aliphatic rings. The van der Waals surface area contributed by atoms with E-state index in [2.05, 4.69) is 127 Å². The number of para-hydroxylation sites is 4. The van der Waals surface area contributed by atoms with E-state index in [0.29, 0.717) is 17.5 Å². The zero-order chi connectivity index (χ0) is 38.2. The van der Waals surface area contributed by atoms with E-state index < -0.39 is 0 Å². The highest BCUT2D eigenvalue weighted by atomic mass is 16.3. The summed E-state index contributed by atoms with van der Waals surface area (Å²) in [6, 6.07) is 65.3. The summed E-state index contributed by atoms with van der Waals surface area (Å²) in [5.41, 5.74) is 9.94. The number of nitrogens with zero attached hydrogens (tertiary/aromatic N) is 3. The first kappa shape index (κ1) is 32.4. The molecule has 270 valence electrons. The van der Waals surface area contributed by atoms with Crippen molar-refractivity contribution in [1.29, 1.82) is 0 Å². The number of fused-ring (bicyclic) bond motifs is 8. The van der Waals surface area contributed by atoms with E-state index in [4.69, 9.17) is 23.8 Å². The van der Waals surface area contributed by atoms with Crippen LogP contribution in [0.2, 0.25) is 0 Å². The molecule has 5 nitrogen and oxygen atoms in total. The number of hydrogen-bond donors (Lipinski definition) is 0. The molecule has 0 bridgehead atoms. The third-order valence-corrected chi connectivity index (χ3v) is 11.4. The van der Waals surface area contributed by atoms with Crippen molar-refractivity contribution >= 4 is 65.4 Å². The highest BCUT2D eigenvalue weighted by Gasteiger charge is 2.22. The Morgan fingerprint density at radius 2 is 0.690 bits per heavy atom. The number of hydrogen-bond acceptors (Lipinski definition) is 5. The highest BCUT2D eigenvalue weighted by Crippen LogP contribution is 2.42. The fraction of sp³-hybridized carbons (Fsp3) is 0. The van der Waals surface area contributed by atoms with Gasteiger partial charge in [0.05, 0.1) is 11.1 Å². The summed E-state index contributed by atoms with van der Waals surface area (Å²) in [5, 5.41) is 8.80. The van der Waals surface area contributed by atoms with Crippen LogP contribution in [-0.4, -0.2) is 15.0 Å². The summed E-state index contributed by atoms with van der Waals surface area (Å²) >= 11 is 0. The molecule has 0 fully saturated rings. The molecular weight excluding hydrogens is 711 g/mol. The quantitative estimate of drug-likeness (QED) is 0.176. The van der Waals surface area contributed by atoms with Gasteiger partial charge in [-0.2, -0.15) is 0 Å². The number of rotatable bonds is 5. The van der Waals surface area contributed by atoms with Crippen LogP contribution in [0.1, 0.15) is 0 Å². The van der Waals surface area contributed by atoms with E-state index in [1.54, 1.807) is 0 Å². The standard InChI is InChI=1S/C53H31N3O2/c1-3-17-35-32(13-1)15-9-21-37(35)34-29-30-43(46(31-34)38-22-10-16-33-14-2-4-18-36(33)38)51-54-52(44-25-11-23-41-39-19-5-7-27-47(39)57-49(41)44)56-53(55-51)45-26-12-24-42-40-20-6-8-28-48(40)58-50(42)45/h1-31H. The molecule has 0 saturated carbocycles. The third kappa shape index (κ3) is 5.07. The van der Waals surface area contributed by atoms with Crippen molar-refractivity contribution in [3.8, 4) is 56.4 Å². The number of aromatic nitrogens is 3. The minimum Gasteiger partial charge on any atom is -0.455 e. The first-order valence-electron chi connectivity index (χ1n) is 19.4. The van der Waals surface area contributed by atoms with E-state index in [-0.39, 0.29) is 0 Å². The van der Waals surface area contributed by atoms with Crippen LogP contribution in [0.4, 0.5) is 0 Å². The lowest BCUT2D eigenvalue weighted by Gasteiger charge is -2.16. The molecule has 0 aliphatic carbocycles. The molecule has 0 N–H and O–H groups in total. The minimum atomic E-state index is 0.514. The highest BCUT2D eigenvalue weighted by molar-refractivity contribution is 6.11. The predicted octanol–water partition coefficient (Wildman–Crippen LogP) is 14.3. The fourth-order valence-corrected chi connectivity index (χ4v) is 8.65. The second-order valence-electron chi connectivity index (χ2n) is 14.7. The van der Waals surface area contributed by atoms with Crippen molar-refractivity contribution in [3.05, 3.63) is 188 Å². The number of benzene rings is 9. The van der Waals surface area contributed by atoms with Gasteiger partial charge < -0.3 is 8.83 Å². The van der Waals surface area contributed by atoms with Crippen LogP contribution < -0.4 is 0 Å². The van der Waals surface area contributed by atoms with Crippen LogP contribution in [0.25, 0.3) is 122 Å². The van der Waals surface area contributed by atoms with Gasteiger partial charge in [0.15, 0.2) is 17.5 Å². The lowest BCUT2D eigenvalue weighted by atomic mass is 9.90. The summed E-state index contributed by atoms with van der Waals surface area (Å²) in [7, 11) is 0. The summed E-state index contributed by atoms with van der Waals surface area (Å²) < 4.78 is 13.1. The Morgan fingerprint density at radius 1 is 0.276 bits per heavy atom. The molecule has 0 unspecified atom stereocenters. The van der Waals surface area contributed by atoms with Gasteiger partial charge in [-0.05, 0) is 80.2 Å². The Bertz CT molecular complexity index is 3450. The molecule has 3 aromatic heterocycles. The molecule has 0 amide bonds. The van der Waals surface area contributed by atoms with Gasteiger partial charge in [-0.25, -0.2) is 15.0 Å². The van der Waals surface area contributed by atoms with Crippen LogP contribution in [-0.2, 0) is 0 Å². The maximum Gasteiger partial charge on any atom is 0.167 e. The normalized spacial score (nSPS) is 11.8. The van der Waals surface area contributed by atoms with Crippen molar-refractivity contribution in [2.75, 3.05) is 0 Å². The van der Waals surface area contributed by atoms with E-state index in [9.17, 15) is 0 Å². The number of furan rings is 2. The van der Waals surface area contributed by atoms with E-state index >= 15 is 0 Å². The smallest absolute Gasteiger partial charge is 0.167 e. The Morgan fingerprint density at radius 3 is 1.28 bits per heavy atom. The van der Waals surface area contributed by atoms with Gasteiger partial charge in [-0.15, -0.1) is 0 Å². The van der Waals surface area contributed by atoms with Gasteiger partial charge in [0.25, 0.3) is 0 Å². The van der Waals surface area contributed by atoms with Crippen molar-refractivity contribution in [2.24, 2.45) is 0 Å². The molecule has 12 rings (SSSR count). The second-order valence-corrected chi connectivity index (χ2v) is 14.7. The predicted molar refractivity (Wildman–Crippen MR) is 237 cm³/mol. The Kier molecular flexibility index (Phi) is 7.16. The monoisotopic (exact) mass is 741 g/mol. The average Bonchev–Trinajstić information content (AvgIpc) is 3.87. The topological polar surface area (TPSA) is 65.0 Å². The van der Waals surface area contributed by atoms with Gasteiger partial charge in [0, 0.05) is 27.1 Å². The van der Waals surface area contributed by atoms with Gasteiger partial charge in [-0.3, -0.25) is 0 Å². The lowest BCUT2D eigenvalue weighted by molar-refractivity contribution is 0.669. The first-order chi connectivity index (χ1) is 28.7. The van der Waals surface area contributed by atoms with Gasteiger partial charge in [-0.1, -0.05) is 152 Å². The maximum absolute atomic E-state index is 6.56. The Labute approximate surface area is 332 Å². The molecule has 0 radical (unpaired) electrons. The zero-order valence-electron chi connectivity index (χ0n) is 31.1. The van der Waals surface area contributed by atoms with E-state index in [1.165, 1.54) is 10.8 Å². The first-order valence-corrected chi connectivity index (χ1v) is 19.4. The molecule has 58 heavy (non-hydrogen) atoms. The Hall–Kier alpha value is -7.89. The second kappa shape index (κ2) is 12.8. The van der Waals surface area contributed by atoms with Gasteiger partial charge >= 0.3 is 0 Å². The van der Waals surface area contributed by atoms with Crippen molar-refractivity contribution in [3.63, 3.8) is 0 Å². The molecule has 0 atom stereocenters. The van der Waals surface area contributed by atoms with E-state index in [1.807, 2.05) is 60.7 Å². The molecule has 0 aliphatic heterocycles. The van der Waals surface area contributed by atoms with Gasteiger partial charge in [0.2, 0.25) is 0 Å². The third-order valence-electron chi connectivity index (χ3n) is 11.4. The average molecular weight is 742 g/mol. The molecule has 5 heteroatoms. The van der Waals surface area contributed by atoms with Crippen molar-refractivity contribution in [2.45, 2.75) is 0 Å². The van der Waals surface area contributed by atoms with Crippen LogP contribution in [0.3, 0.4) is 0 Å². The van der Waals surface area contributed by atoms with E-state index in [0.717, 1.165) is 93.6 Å². The minimum absolute atomic E-state index is 0.514. The molecular formula is C53H31N3O2. The van der Waals surface area contributed by atoms with Crippen molar-refractivity contribution in [1.82, 2.24) is 15.0 Å². The van der Waals surface area contributed by atoms with Crippen LogP contribution in [0.5, 0.6) is 0 Å². The molecule has 0 saturated heterocycles. The van der Waals surface area contributed by atoms with Crippen molar-refractivity contribution < 1.29 is 8.83 Å².